The average molecular weight is 536 g/mol. The predicted octanol–water partition coefficient (Wildman–Crippen LogP) is 3.75. The molecule has 0 unspecified atom stereocenters. The van der Waals surface area contributed by atoms with Crippen LogP contribution in [0.4, 0.5) is 17.6 Å². The molecule has 1 aromatic carbocycles. The zero-order valence-electron chi connectivity index (χ0n) is 19.5. The van der Waals surface area contributed by atoms with Crippen LogP contribution in [-0.4, -0.2) is 50.5 Å². The fraction of sp³-hybridized carbons (Fsp3) is 0.375. The number of hydrogen-bond donors (Lipinski definition) is 0. The number of benzene rings is 1. The van der Waals surface area contributed by atoms with Crippen molar-refractivity contribution >= 4 is 15.8 Å². The molecule has 1 aliphatic carbocycles. The number of aromatic nitrogens is 4. The Morgan fingerprint density at radius 1 is 1.08 bits per heavy atom. The molecular weight excluding hydrogens is 514 g/mol. The highest BCUT2D eigenvalue weighted by Gasteiger charge is 2.58. The lowest BCUT2D eigenvalue weighted by Gasteiger charge is -2.25. The van der Waals surface area contributed by atoms with Crippen LogP contribution in [0.25, 0.3) is 11.3 Å². The van der Waals surface area contributed by atoms with E-state index >= 15 is 0 Å². The lowest BCUT2D eigenvalue weighted by atomic mass is 9.81. The van der Waals surface area contributed by atoms with Gasteiger partial charge in [0.2, 0.25) is 15.8 Å². The maximum Gasteiger partial charge on any atom is 0.451 e. The lowest BCUT2D eigenvalue weighted by molar-refractivity contribution is -0.145. The third-order valence-corrected chi connectivity index (χ3v) is 8.63. The van der Waals surface area contributed by atoms with E-state index in [1.165, 1.54) is 22.8 Å². The second-order valence-corrected chi connectivity index (χ2v) is 11.0. The molecule has 0 N–H and O–H groups in total. The number of ketones is 1. The number of halogens is 4. The minimum atomic E-state index is -4.81. The fourth-order valence-corrected chi connectivity index (χ4v) is 6.71. The van der Waals surface area contributed by atoms with Gasteiger partial charge in [0.15, 0.2) is 5.78 Å². The summed E-state index contributed by atoms with van der Waals surface area (Å²) < 4.78 is 81.4. The van der Waals surface area contributed by atoms with Gasteiger partial charge in [0.05, 0.1) is 16.6 Å². The van der Waals surface area contributed by atoms with Crippen LogP contribution in [-0.2, 0) is 27.4 Å². The van der Waals surface area contributed by atoms with E-state index in [0.29, 0.717) is 18.7 Å². The maximum absolute atomic E-state index is 13.5. The number of Topliss-reactive ketones (excluding diaryl/α,β-unsaturated/α-hetero) is 1. The van der Waals surface area contributed by atoms with Crippen LogP contribution in [0, 0.1) is 18.7 Å². The van der Waals surface area contributed by atoms with Gasteiger partial charge in [0.1, 0.15) is 11.6 Å². The molecule has 37 heavy (non-hydrogen) atoms. The molecular formula is C24H21F4N5O3S. The minimum absolute atomic E-state index is 0.00969. The summed E-state index contributed by atoms with van der Waals surface area (Å²) in [6.45, 7) is 1.63. The molecule has 1 saturated carbocycles. The van der Waals surface area contributed by atoms with Crippen LogP contribution >= 0.6 is 0 Å². The van der Waals surface area contributed by atoms with E-state index in [9.17, 15) is 30.8 Å². The number of rotatable bonds is 7. The van der Waals surface area contributed by atoms with E-state index < -0.39 is 39.7 Å². The smallest absolute Gasteiger partial charge is 0.298 e. The number of carbonyl (C=O) groups excluding carboxylic acids is 1. The number of aryl methyl sites for hydroxylation is 2. The van der Waals surface area contributed by atoms with Crippen LogP contribution in [0.1, 0.15) is 36.6 Å². The second-order valence-electron chi connectivity index (χ2n) is 9.17. The summed E-state index contributed by atoms with van der Waals surface area (Å²) >= 11 is 0. The van der Waals surface area contributed by atoms with Crippen molar-refractivity contribution in [3.05, 3.63) is 65.9 Å². The van der Waals surface area contributed by atoms with E-state index in [4.69, 9.17) is 0 Å². The highest BCUT2D eigenvalue weighted by atomic mass is 32.2. The van der Waals surface area contributed by atoms with Gasteiger partial charge < -0.3 is 0 Å². The first kappa shape index (κ1) is 25.3. The molecule has 2 saturated heterocycles. The average Bonchev–Trinajstić information content (AvgIpc) is 3.40. The zero-order valence-corrected chi connectivity index (χ0v) is 20.3. The first-order chi connectivity index (χ1) is 17.4. The Bertz CT molecular complexity index is 1440. The summed E-state index contributed by atoms with van der Waals surface area (Å²) in [6.07, 6.45) is -1.40. The Morgan fingerprint density at radius 3 is 2.35 bits per heavy atom. The molecule has 3 fully saturated rings. The van der Waals surface area contributed by atoms with E-state index in [-0.39, 0.29) is 46.6 Å². The summed E-state index contributed by atoms with van der Waals surface area (Å²) in [4.78, 5) is 28.3. The molecule has 2 bridgehead atoms. The molecule has 1 atom stereocenters. The third-order valence-electron chi connectivity index (χ3n) is 6.69. The topological polar surface area (TPSA) is 106 Å². The number of hydrogen-bond acceptors (Lipinski definition) is 7. The molecule has 0 amide bonds. The normalized spacial score (nSPS) is 21.6. The van der Waals surface area contributed by atoms with Crippen molar-refractivity contribution in [2.75, 3.05) is 0 Å². The van der Waals surface area contributed by atoms with Gasteiger partial charge in [-0.1, -0.05) is 0 Å². The van der Waals surface area contributed by atoms with Gasteiger partial charge in [-0.2, -0.15) is 17.5 Å². The van der Waals surface area contributed by atoms with Gasteiger partial charge in [0, 0.05) is 36.1 Å². The molecule has 0 spiro atoms. The largest absolute Gasteiger partial charge is 0.451 e. The Labute approximate surface area is 209 Å². The van der Waals surface area contributed by atoms with Gasteiger partial charge in [0.25, 0.3) is 0 Å². The number of sulfonamides is 1. The van der Waals surface area contributed by atoms with Crippen LogP contribution in [0.2, 0.25) is 0 Å². The molecule has 3 aromatic rings. The van der Waals surface area contributed by atoms with Crippen LogP contribution < -0.4 is 0 Å². The number of nitrogens with zero attached hydrogens (tertiary/aromatic N) is 5. The van der Waals surface area contributed by atoms with Crippen molar-refractivity contribution in [1.29, 1.82) is 0 Å². The highest BCUT2D eigenvalue weighted by molar-refractivity contribution is 7.89. The second kappa shape index (κ2) is 9.21. The molecule has 4 heterocycles. The molecule has 13 heteroatoms. The first-order valence-electron chi connectivity index (χ1n) is 11.5. The molecule has 3 aliphatic rings. The Morgan fingerprint density at radius 2 is 1.73 bits per heavy atom. The molecule has 2 aromatic heterocycles. The molecule has 194 valence electrons. The van der Waals surface area contributed by atoms with Gasteiger partial charge in [-0.15, -0.1) is 0 Å². The Kier molecular flexibility index (Phi) is 6.31. The standard InChI is InChI=1S/C24H21F4N5O3S/c1-13-29-11-15(12-30-13)20-10-17(31-23(32-20)24(26,27)28)4-7-21(34)22-14-8-18(9-14)33(22)37(35,36)19-5-2-16(25)3-6-19/h2-3,5-6,10-12,14,18,22H,4,7-9H2,1H3/t14?,18?,22-/m0/s1. The fourth-order valence-electron chi connectivity index (χ4n) is 4.83. The summed E-state index contributed by atoms with van der Waals surface area (Å²) in [5.41, 5.74) is 0.220. The summed E-state index contributed by atoms with van der Waals surface area (Å²) in [7, 11) is -4.05. The molecule has 2 aliphatic heterocycles. The van der Waals surface area contributed by atoms with Gasteiger partial charge >= 0.3 is 6.18 Å². The summed E-state index contributed by atoms with van der Waals surface area (Å²) in [5.74, 6) is -2.06. The van der Waals surface area contributed by atoms with Gasteiger partial charge in [-0.05, 0) is 62.4 Å². The summed E-state index contributed by atoms with van der Waals surface area (Å²) in [5, 5.41) is 0. The highest BCUT2D eigenvalue weighted by Crippen LogP contribution is 2.49. The van der Waals surface area contributed by atoms with Gasteiger partial charge in [-0.25, -0.2) is 32.7 Å². The monoisotopic (exact) mass is 535 g/mol. The van der Waals surface area contributed by atoms with Crippen molar-refractivity contribution in [3.63, 3.8) is 0 Å². The lowest BCUT2D eigenvalue weighted by Crippen LogP contribution is -2.41. The minimum Gasteiger partial charge on any atom is -0.298 e. The quantitative estimate of drug-likeness (QED) is 0.424. The summed E-state index contributed by atoms with van der Waals surface area (Å²) in [6, 6.07) is 4.46. The van der Waals surface area contributed by atoms with Crippen LogP contribution in [0.5, 0.6) is 0 Å². The number of carbonyl (C=O) groups is 1. The first-order valence-corrected chi connectivity index (χ1v) is 12.9. The molecule has 8 nitrogen and oxygen atoms in total. The van der Waals surface area contributed by atoms with Crippen molar-refractivity contribution < 1.29 is 30.8 Å². The molecule has 6 rings (SSSR count). The van der Waals surface area contributed by atoms with E-state index in [2.05, 4.69) is 19.9 Å². The van der Waals surface area contributed by atoms with Crippen molar-refractivity contribution in [2.45, 2.75) is 55.8 Å². The van der Waals surface area contributed by atoms with E-state index in [1.54, 1.807) is 6.92 Å². The maximum atomic E-state index is 13.5. The van der Waals surface area contributed by atoms with Crippen molar-refractivity contribution in [2.24, 2.45) is 5.92 Å². The van der Waals surface area contributed by atoms with Crippen molar-refractivity contribution in [3.8, 4) is 11.3 Å². The van der Waals surface area contributed by atoms with E-state index in [0.717, 1.165) is 24.3 Å². The SMILES string of the molecule is Cc1ncc(-c2cc(CCC(=O)[C@@H]3C4CC(C4)N3S(=O)(=O)c3ccc(F)cc3)nc(C(F)(F)F)n2)cn1. The predicted molar refractivity (Wildman–Crippen MR) is 122 cm³/mol. The Hall–Kier alpha value is -3.32. The third kappa shape index (κ3) is 4.85. The number of alkyl halides is 3. The number of fused-ring (bicyclic) bond motifs is 1. The van der Waals surface area contributed by atoms with Crippen molar-refractivity contribution in [1.82, 2.24) is 24.2 Å². The zero-order chi connectivity index (χ0) is 26.5. The van der Waals surface area contributed by atoms with E-state index in [1.807, 2.05) is 0 Å². The molecule has 0 radical (unpaired) electrons. The van der Waals surface area contributed by atoms with Gasteiger partial charge in [-0.3, -0.25) is 4.79 Å². The van der Waals surface area contributed by atoms with Crippen LogP contribution in [0.15, 0.2) is 47.6 Å². The Balaban J connectivity index is 1.38. The van der Waals surface area contributed by atoms with Crippen LogP contribution in [0.3, 0.4) is 0 Å².